The average Bonchev–Trinajstić information content (AvgIpc) is 2.60. The number of likely N-dealkylation sites (tertiary alicyclic amines) is 1. The predicted octanol–water partition coefficient (Wildman–Crippen LogP) is 3.81. The Morgan fingerprint density at radius 1 is 0.857 bits per heavy atom. The highest BCUT2D eigenvalue weighted by Crippen LogP contribution is 2.29. The van der Waals surface area contributed by atoms with Crippen LogP contribution in [0.5, 0.6) is 0 Å². The van der Waals surface area contributed by atoms with Crippen LogP contribution in [0.1, 0.15) is 61.6 Å². The van der Waals surface area contributed by atoms with E-state index < -0.39 is 10.0 Å². The molecule has 6 heteroatoms. The van der Waals surface area contributed by atoms with Crippen LogP contribution >= 0.6 is 0 Å². The number of rotatable bonds is 3. The molecular weight excluding hydrogens is 372 g/mol. The molecule has 0 unspecified atom stereocenters. The first-order chi connectivity index (χ1) is 13.3. The summed E-state index contributed by atoms with van der Waals surface area (Å²) >= 11 is 0. The number of nitrogens with zero attached hydrogens (tertiary/aromatic N) is 2. The molecule has 0 bridgehead atoms. The summed E-state index contributed by atoms with van der Waals surface area (Å²) in [5.41, 5.74) is 2.68. The van der Waals surface area contributed by atoms with Crippen LogP contribution in [-0.4, -0.2) is 49.7 Å². The van der Waals surface area contributed by atoms with E-state index in [0.717, 1.165) is 42.6 Å². The summed E-state index contributed by atoms with van der Waals surface area (Å²) in [7, 11) is -3.52. The standard InChI is InChI=1S/C22H34N2O3S/c1-17-15-18(2)21(19(3)16-17)28(26,27)24-13-9-20(10-14-24)22(25)23-11-7-5-4-6-8-12-23/h15-16,20H,4-14H2,1-3H3. The van der Waals surface area contributed by atoms with E-state index in [1.165, 1.54) is 19.3 Å². The molecule has 0 saturated carbocycles. The van der Waals surface area contributed by atoms with E-state index in [9.17, 15) is 13.2 Å². The fourth-order valence-corrected chi connectivity index (χ4v) is 6.65. The number of amides is 1. The van der Waals surface area contributed by atoms with Crippen molar-refractivity contribution in [2.75, 3.05) is 26.2 Å². The summed E-state index contributed by atoms with van der Waals surface area (Å²) in [6.45, 7) is 8.30. The quantitative estimate of drug-likeness (QED) is 0.767. The Kier molecular flexibility index (Phi) is 6.81. The molecular formula is C22H34N2O3S. The largest absolute Gasteiger partial charge is 0.342 e. The van der Waals surface area contributed by atoms with E-state index in [2.05, 4.69) is 0 Å². The van der Waals surface area contributed by atoms with Gasteiger partial charge in [0.15, 0.2) is 0 Å². The smallest absolute Gasteiger partial charge is 0.243 e. The van der Waals surface area contributed by atoms with Crippen LogP contribution in [0, 0.1) is 26.7 Å². The minimum atomic E-state index is -3.52. The highest BCUT2D eigenvalue weighted by molar-refractivity contribution is 7.89. The summed E-state index contributed by atoms with van der Waals surface area (Å²) in [5.74, 6) is 0.202. The Hall–Kier alpha value is -1.40. The van der Waals surface area contributed by atoms with Gasteiger partial charge >= 0.3 is 0 Å². The van der Waals surface area contributed by atoms with Crippen molar-refractivity contribution in [2.45, 2.75) is 70.6 Å². The molecule has 28 heavy (non-hydrogen) atoms. The molecule has 0 N–H and O–H groups in total. The van der Waals surface area contributed by atoms with Crippen LogP contribution < -0.4 is 0 Å². The third kappa shape index (κ3) is 4.60. The number of benzene rings is 1. The van der Waals surface area contributed by atoms with Crippen LogP contribution in [0.15, 0.2) is 17.0 Å². The molecule has 156 valence electrons. The Labute approximate surface area is 170 Å². The topological polar surface area (TPSA) is 57.7 Å². The van der Waals surface area contributed by atoms with Gasteiger partial charge in [-0.3, -0.25) is 4.79 Å². The zero-order chi connectivity index (χ0) is 20.3. The molecule has 0 aliphatic carbocycles. The molecule has 2 saturated heterocycles. The van der Waals surface area contributed by atoms with Crippen molar-refractivity contribution in [3.8, 4) is 0 Å². The molecule has 0 radical (unpaired) electrons. The average molecular weight is 407 g/mol. The Morgan fingerprint density at radius 2 is 1.36 bits per heavy atom. The first-order valence-corrected chi connectivity index (χ1v) is 12.1. The molecule has 2 aliphatic heterocycles. The number of carbonyl (C=O) groups is 1. The second-order valence-electron chi connectivity index (χ2n) is 8.50. The number of piperidine rings is 1. The van der Waals surface area contributed by atoms with Crippen molar-refractivity contribution >= 4 is 15.9 Å². The molecule has 2 fully saturated rings. The van der Waals surface area contributed by atoms with Gasteiger partial charge in [-0.1, -0.05) is 37.0 Å². The molecule has 2 aliphatic rings. The second kappa shape index (κ2) is 8.95. The maximum absolute atomic E-state index is 13.2. The van der Waals surface area contributed by atoms with Crippen molar-refractivity contribution in [1.29, 1.82) is 0 Å². The second-order valence-corrected chi connectivity index (χ2v) is 10.4. The van der Waals surface area contributed by atoms with Crippen molar-refractivity contribution in [3.05, 3.63) is 28.8 Å². The monoisotopic (exact) mass is 406 g/mol. The van der Waals surface area contributed by atoms with Gasteiger partial charge in [0.1, 0.15) is 0 Å². The Balaban J connectivity index is 1.67. The molecule has 0 aromatic heterocycles. The van der Waals surface area contributed by atoms with Gasteiger partial charge in [-0.05, 0) is 57.6 Å². The van der Waals surface area contributed by atoms with Gasteiger partial charge in [0, 0.05) is 32.1 Å². The number of hydrogen-bond acceptors (Lipinski definition) is 3. The highest BCUT2D eigenvalue weighted by Gasteiger charge is 2.35. The third-order valence-corrected chi connectivity index (χ3v) is 8.38. The number of carbonyl (C=O) groups excluding carboxylic acids is 1. The Morgan fingerprint density at radius 3 is 1.89 bits per heavy atom. The van der Waals surface area contributed by atoms with E-state index in [1.807, 2.05) is 37.8 Å². The minimum Gasteiger partial charge on any atom is -0.342 e. The zero-order valence-corrected chi connectivity index (χ0v) is 18.4. The maximum Gasteiger partial charge on any atom is 0.243 e. The van der Waals surface area contributed by atoms with Gasteiger partial charge in [-0.25, -0.2) is 8.42 Å². The van der Waals surface area contributed by atoms with Crippen molar-refractivity contribution in [2.24, 2.45) is 5.92 Å². The van der Waals surface area contributed by atoms with Crippen LogP contribution in [0.25, 0.3) is 0 Å². The van der Waals surface area contributed by atoms with Crippen molar-refractivity contribution in [3.63, 3.8) is 0 Å². The lowest BCUT2D eigenvalue weighted by molar-refractivity contribution is -0.137. The van der Waals surface area contributed by atoms with E-state index in [1.54, 1.807) is 4.31 Å². The van der Waals surface area contributed by atoms with Gasteiger partial charge in [-0.15, -0.1) is 0 Å². The van der Waals surface area contributed by atoms with Crippen LogP contribution in [0.2, 0.25) is 0 Å². The summed E-state index contributed by atoms with van der Waals surface area (Å²) in [6.07, 6.45) is 7.11. The fourth-order valence-electron chi connectivity index (χ4n) is 4.77. The summed E-state index contributed by atoms with van der Waals surface area (Å²) in [5, 5.41) is 0. The molecule has 1 aromatic rings. The Bertz CT molecular complexity index is 780. The summed E-state index contributed by atoms with van der Waals surface area (Å²) in [4.78, 5) is 15.4. The molecule has 1 amide bonds. The lowest BCUT2D eigenvalue weighted by Gasteiger charge is -2.34. The van der Waals surface area contributed by atoms with Gasteiger partial charge in [0.2, 0.25) is 15.9 Å². The number of sulfonamides is 1. The van der Waals surface area contributed by atoms with Gasteiger partial charge in [-0.2, -0.15) is 4.31 Å². The lowest BCUT2D eigenvalue weighted by atomic mass is 9.95. The van der Waals surface area contributed by atoms with E-state index in [0.29, 0.717) is 30.8 Å². The third-order valence-electron chi connectivity index (χ3n) is 6.17. The highest BCUT2D eigenvalue weighted by atomic mass is 32.2. The fraction of sp³-hybridized carbons (Fsp3) is 0.682. The van der Waals surface area contributed by atoms with E-state index >= 15 is 0 Å². The van der Waals surface area contributed by atoms with Crippen molar-refractivity contribution in [1.82, 2.24) is 9.21 Å². The van der Waals surface area contributed by atoms with Gasteiger partial charge in [0.25, 0.3) is 0 Å². The molecule has 0 spiro atoms. The number of aryl methyl sites for hydroxylation is 3. The van der Waals surface area contributed by atoms with E-state index in [4.69, 9.17) is 0 Å². The zero-order valence-electron chi connectivity index (χ0n) is 17.5. The van der Waals surface area contributed by atoms with Crippen LogP contribution in [0.4, 0.5) is 0 Å². The van der Waals surface area contributed by atoms with E-state index in [-0.39, 0.29) is 11.8 Å². The SMILES string of the molecule is Cc1cc(C)c(S(=O)(=O)N2CCC(C(=O)N3CCCCCCC3)CC2)c(C)c1. The van der Waals surface area contributed by atoms with Crippen LogP contribution in [-0.2, 0) is 14.8 Å². The molecule has 5 nitrogen and oxygen atoms in total. The lowest BCUT2D eigenvalue weighted by Crippen LogP contribution is -2.45. The molecule has 3 rings (SSSR count). The van der Waals surface area contributed by atoms with Gasteiger partial charge < -0.3 is 4.90 Å². The summed E-state index contributed by atoms with van der Waals surface area (Å²) < 4.78 is 28.0. The first kappa shape index (κ1) is 21.3. The molecule has 2 heterocycles. The van der Waals surface area contributed by atoms with Crippen molar-refractivity contribution < 1.29 is 13.2 Å². The predicted molar refractivity (Wildman–Crippen MR) is 112 cm³/mol. The minimum absolute atomic E-state index is 0.0360. The van der Waals surface area contributed by atoms with Gasteiger partial charge in [0.05, 0.1) is 4.90 Å². The number of hydrogen-bond donors (Lipinski definition) is 0. The first-order valence-electron chi connectivity index (χ1n) is 10.7. The van der Waals surface area contributed by atoms with Crippen LogP contribution in [0.3, 0.4) is 0 Å². The maximum atomic E-state index is 13.2. The molecule has 1 aromatic carbocycles. The molecule has 0 atom stereocenters. The summed E-state index contributed by atoms with van der Waals surface area (Å²) in [6, 6.07) is 3.86. The normalized spacial score (nSPS) is 20.6.